The fourth-order valence-electron chi connectivity index (χ4n) is 2.37. The molecule has 0 aromatic carbocycles. The third-order valence-corrected chi connectivity index (χ3v) is 3.89. The van der Waals surface area contributed by atoms with E-state index in [0.717, 1.165) is 30.5 Å². The van der Waals surface area contributed by atoms with Gasteiger partial charge in [-0.1, -0.05) is 18.2 Å². The summed E-state index contributed by atoms with van der Waals surface area (Å²) in [7, 11) is 0. The van der Waals surface area contributed by atoms with Gasteiger partial charge in [-0.2, -0.15) is 0 Å². The number of allylic oxidation sites excluding steroid dienone is 1. The second-order valence-electron chi connectivity index (χ2n) is 5.04. The van der Waals surface area contributed by atoms with E-state index < -0.39 is 0 Å². The first-order valence-corrected chi connectivity index (χ1v) is 7.07. The molecule has 2 atom stereocenters. The minimum Gasteiger partial charge on any atom is -0.350 e. The van der Waals surface area contributed by atoms with Crippen molar-refractivity contribution in [1.29, 1.82) is 0 Å². The third-order valence-electron chi connectivity index (χ3n) is 3.51. The van der Waals surface area contributed by atoms with Crippen molar-refractivity contribution >= 4 is 17.5 Å². The van der Waals surface area contributed by atoms with Gasteiger partial charge < -0.3 is 5.32 Å². The molecule has 1 amide bonds. The van der Waals surface area contributed by atoms with Crippen LogP contribution >= 0.6 is 11.6 Å². The lowest BCUT2D eigenvalue weighted by Gasteiger charge is -2.27. The lowest BCUT2D eigenvalue weighted by Crippen LogP contribution is -2.28. The first kappa shape index (κ1) is 14.1. The lowest BCUT2D eigenvalue weighted by molar-refractivity contribution is -0.122. The molecule has 1 saturated carbocycles. The number of carbonyl (C=O) groups is 1. The topological polar surface area (TPSA) is 42.0 Å². The van der Waals surface area contributed by atoms with Gasteiger partial charge in [-0.05, 0) is 37.3 Å². The van der Waals surface area contributed by atoms with Crippen LogP contribution in [0.5, 0.6) is 0 Å². The molecule has 1 N–H and O–H groups in total. The predicted octanol–water partition coefficient (Wildman–Crippen LogP) is 3.05. The SMILES string of the molecule is C=C1CC(Cl)CCC1CC(=O)NCc1ccccn1. The highest BCUT2D eigenvalue weighted by Gasteiger charge is 2.24. The molecular formula is C15H19ClN2O. The molecule has 2 rings (SSSR count). The number of hydrogen-bond donors (Lipinski definition) is 1. The molecule has 1 aliphatic carbocycles. The molecule has 102 valence electrons. The summed E-state index contributed by atoms with van der Waals surface area (Å²) in [6.07, 6.45) is 5.00. The van der Waals surface area contributed by atoms with Crippen LogP contribution in [-0.4, -0.2) is 16.3 Å². The van der Waals surface area contributed by atoms with Crippen LogP contribution in [-0.2, 0) is 11.3 Å². The molecule has 0 saturated heterocycles. The highest BCUT2D eigenvalue weighted by Crippen LogP contribution is 2.33. The lowest BCUT2D eigenvalue weighted by atomic mass is 9.83. The van der Waals surface area contributed by atoms with Crippen LogP contribution in [0.1, 0.15) is 31.4 Å². The Morgan fingerprint density at radius 1 is 1.47 bits per heavy atom. The molecule has 1 fully saturated rings. The van der Waals surface area contributed by atoms with Crippen molar-refractivity contribution in [2.75, 3.05) is 0 Å². The Labute approximate surface area is 119 Å². The average molecular weight is 279 g/mol. The second-order valence-corrected chi connectivity index (χ2v) is 5.65. The number of nitrogens with zero attached hydrogens (tertiary/aromatic N) is 1. The van der Waals surface area contributed by atoms with E-state index in [2.05, 4.69) is 16.9 Å². The van der Waals surface area contributed by atoms with Gasteiger partial charge in [-0.15, -0.1) is 11.6 Å². The zero-order valence-corrected chi connectivity index (χ0v) is 11.7. The zero-order valence-electron chi connectivity index (χ0n) is 10.9. The number of hydrogen-bond acceptors (Lipinski definition) is 2. The van der Waals surface area contributed by atoms with Crippen molar-refractivity contribution in [1.82, 2.24) is 10.3 Å². The van der Waals surface area contributed by atoms with Crippen molar-refractivity contribution in [2.24, 2.45) is 5.92 Å². The van der Waals surface area contributed by atoms with E-state index in [9.17, 15) is 4.79 Å². The van der Waals surface area contributed by atoms with Crippen LogP contribution < -0.4 is 5.32 Å². The molecule has 1 aliphatic rings. The Balaban J connectivity index is 1.77. The number of nitrogens with one attached hydrogen (secondary N) is 1. The smallest absolute Gasteiger partial charge is 0.220 e. The van der Waals surface area contributed by atoms with Gasteiger partial charge in [-0.3, -0.25) is 9.78 Å². The van der Waals surface area contributed by atoms with E-state index in [1.54, 1.807) is 6.20 Å². The summed E-state index contributed by atoms with van der Waals surface area (Å²) in [5.74, 6) is 0.337. The number of carbonyl (C=O) groups excluding carboxylic acids is 1. The number of amides is 1. The molecule has 1 aromatic rings. The largest absolute Gasteiger partial charge is 0.350 e. The molecule has 4 heteroatoms. The van der Waals surface area contributed by atoms with Crippen LogP contribution in [0.15, 0.2) is 36.5 Å². The zero-order chi connectivity index (χ0) is 13.7. The van der Waals surface area contributed by atoms with Gasteiger partial charge in [0.2, 0.25) is 5.91 Å². The molecule has 0 aliphatic heterocycles. The number of pyridine rings is 1. The maximum atomic E-state index is 11.9. The van der Waals surface area contributed by atoms with E-state index in [0.29, 0.717) is 13.0 Å². The molecule has 1 aromatic heterocycles. The summed E-state index contributed by atoms with van der Waals surface area (Å²) in [5, 5.41) is 3.10. The van der Waals surface area contributed by atoms with E-state index >= 15 is 0 Å². The minimum atomic E-state index is 0.0600. The normalized spacial score (nSPS) is 23.1. The van der Waals surface area contributed by atoms with Gasteiger partial charge in [-0.25, -0.2) is 0 Å². The summed E-state index contributed by atoms with van der Waals surface area (Å²) in [5.41, 5.74) is 1.98. The van der Waals surface area contributed by atoms with Crippen LogP contribution in [0.3, 0.4) is 0 Å². The Kier molecular flexibility index (Phi) is 4.97. The van der Waals surface area contributed by atoms with Crippen LogP contribution in [0.2, 0.25) is 0 Å². The van der Waals surface area contributed by atoms with Crippen molar-refractivity contribution in [2.45, 2.75) is 37.6 Å². The number of alkyl halides is 1. The highest BCUT2D eigenvalue weighted by molar-refractivity contribution is 6.20. The number of rotatable bonds is 4. The molecule has 0 spiro atoms. The van der Waals surface area contributed by atoms with Gasteiger partial charge >= 0.3 is 0 Å². The van der Waals surface area contributed by atoms with Crippen molar-refractivity contribution < 1.29 is 4.79 Å². The predicted molar refractivity (Wildman–Crippen MR) is 76.8 cm³/mol. The van der Waals surface area contributed by atoms with Gasteiger partial charge in [0.15, 0.2) is 0 Å². The molecule has 19 heavy (non-hydrogen) atoms. The Hall–Kier alpha value is -1.35. The quantitative estimate of drug-likeness (QED) is 0.679. The molecule has 1 heterocycles. The Morgan fingerprint density at radius 3 is 3.00 bits per heavy atom. The molecular weight excluding hydrogens is 260 g/mol. The first-order chi connectivity index (χ1) is 9.15. The monoisotopic (exact) mass is 278 g/mol. The van der Waals surface area contributed by atoms with Gasteiger partial charge in [0.1, 0.15) is 0 Å². The fraction of sp³-hybridized carbons (Fsp3) is 0.467. The molecule has 0 radical (unpaired) electrons. The first-order valence-electron chi connectivity index (χ1n) is 6.63. The highest BCUT2D eigenvalue weighted by atomic mass is 35.5. The number of aromatic nitrogens is 1. The summed E-state index contributed by atoms with van der Waals surface area (Å²) in [6, 6.07) is 5.68. The van der Waals surface area contributed by atoms with E-state index in [4.69, 9.17) is 11.6 Å². The van der Waals surface area contributed by atoms with Crippen molar-refractivity contribution in [3.63, 3.8) is 0 Å². The van der Waals surface area contributed by atoms with Gasteiger partial charge in [0, 0.05) is 18.0 Å². The van der Waals surface area contributed by atoms with E-state index in [1.165, 1.54) is 0 Å². The summed E-state index contributed by atoms with van der Waals surface area (Å²) in [6.45, 7) is 4.52. The summed E-state index contributed by atoms with van der Waals surface area (Å²) >= 11 is 6.08. The van der Waals surface area contributed by atoms with E-state index in [1.807, 2.05) is 18.2 Å². The third kappa shape index (κ3) is 4.35. The molecule has 3 nitrogen and oxygen atoms in total. The van der Waals surface area contributed by atoms with Crippen molar-refractivity contribution in [3.05, 3.63) is 42.2 Å². The molecule has 2 unspecified atom stereocenters. The number of halogens is 1. The van der Waals surface area contributed by atoms with Crippen molar-refractivity contribution in [3.8, 4) is 0 Å². The van der Waals surface area contributed by atoms with Gasteiger partial charge in [0.05, 0.1) is 12.2 Å². The van der Waals surface area contributed by atoms with E-state index in [-0.39, 0.29) is 17.2 Å². The summed E-state index contributed by atoms with van der Waals surface area (Å²) in [4.78, 5) is 16.1. The molecule has 0 bridgehead atoms. The maximum absolute atomic E-state index is 11.9. The summed E-state index contributed by atoms with van der Waals surface area (Å²) < 4.78 is 0. The van der Waals surface area contributed by atoms with Crippen LogP contribution in [0.25, 0.3) is 0 Å². The van der Waals surface area contributed by atoms with Crippen LogP contribution in [0, 0.1) is 5.92 Å². The maximum Gasteiger partial charge on any atom is 0.220 e. The van der Waals surface area contributed by atoms with Crippen LogP contribution in [0.4, 0.5) is 0 Å². The standard InChI is InChI=1S/C15H19ClN2O/c1-11-8-13(16)6-5-12(11)9-15(19)18-10-14-4-2-3-7-17-14/h2-4,7,12-13H,1,5-6,8-10H2,(H,18,19). The minimum absolute atomic E-state index is 0.0600. The second kappa shape index (κ2) is 6.71. The Bertz CT molecular complexity index is 447. The fourth-order valence-corrected chi connectivity index (χ4v) is 2.70. The average Bonchev–Trinajstić information content (AvgIpc) is 2.41. The Morgan fingerprint density at radius 2 is 2.32 bits per heavy atom. The van der Waals surface area contributed by atoms with Gasteiger partial charge in [0.25, 0.3) is 0 Å².